The lowest BCUT2D eigenvalue weighted by atomic mass is 9.76. The number of fused-ring (bicyclic) bond motifs is 7. The predicted octanol–water partition coefficient (Wildman–Crippen LogP) is 4.06. The van der Waals surface area contributed by atoms with Crippen molar-refractivity contribution in [2.75, 3.05) is 13.2 Å². The highest BCUT2D eigenvalue weighted by Gasteiger charge is 2.62. The van der Waals surface area contributed by atoms with E-state index in [9.17, 15) is 9.59 Å². The Morgan fingerprint density at radius 2 is 1.13 bits per heavy atom. The molecule has 0 saturated heterocycles. The summed E-state index contributed by atoms with van der Waals surface area (Å²) in [4.78, 5) is 27.5. The van der Waals surface area contributed by atoms with Crippen LogP contribution >= 0.6 is 0 Å². The van der Waals surface area contributed by atoms with Gasteiger partial charge < -0.3 is 18.6 Å². The fourth-order valence-corrected chi connectivity index (χ4v) is 5.20. The third kappa shape index (κ3) is 2.22. The van der Waals surface area contributed by atoms with Gasteiger partial charge in [-0.15, -0.1) is 0 Å². The standard InChI is InChI=1S/C25H24N2O4/c1-5-30-23(28)25(24(29)31-6-2)19-15-11-7-9-13-17(15)26(3)21(19)22-20(25)16-12-8-10-14-18(16)27(22)4/h7-14H,5-6H2,1-4H3. The number of carbonyl (C=O) groups is 2. The Bertz CT molecular complexity index is 1270. The van der Waals surface area contributed by atoms with Gasteiger partial charge in [0, 0.05) is 47.0 Å². The van der Waals surface area contributed by atoms with Crippen LogP contribution < -0.4 is 0 Å². The molecule has 0 unspecified atom stereocenters. The van der Waals surface area contributed by atoms with Crippen molar-refractivity contribution in [2.24, 2.45) is 14.1 Å². The predicted molar refractivity (Wildman–Crippen MR) is 119 cm³/mol. The molecule has 0 atom stereocenters. The molecule has 0 aliphatic heterocycles. The molecule has 2 heterocycles. The Kier molecular flexibility index (Phi) is 4.22. The van der Waals surface area contributed by atoms with E-state index in [1.165, 1.54) is 0 Å². The van der Waals surface area contributed by atoms with Crippen LogP contribution in [0.2, 0.25) is 0 Å². The number of rotatable bonds is 4. The second kappa shape index (κ2) is 6.74. The summed E-state index contributed by atoms with van der Waals surface area (Å²) >= 11 is 0. The van der Waals surface area contributed by atoms with E-state index in [2.05, 4.69) is 9.13 Å². The Morgan fingerprint density at radius 3 is 1.52 bits per heavy atom. The third-order valence-electron chi connectivity index (χ3n) is 6.35. The topological polar surface area (TPSA) is 62.5 Å². The Morgan fingerprint density at radius 1 is 0.742 bits per heavy atom. The molecular weight excluding hydrogens is 392 g/mol. The lowest BCUT2D eigenvalue weighted by Gasteiger charge is -2.26. The average molecular weight is 416 g/mol. The van der Waals surface area contributed by atoms with Gasteiger partial charge in [-0.25, -0.2) is 0 Å². The number of hydrogen-bond donors (Lipinski definition) is 0. The first kappa shape index (κ1) is 19.4. The van der Waals surface area contributed by atoms with Crippen LogP contribution in [0.3, 0.4) is 0 Å². The zero-order valence-corrected chi connectivity index (χ0v) is 18.1. The molecule has 2 aromatic heterocycles. The number of nitrogens with zero attached hydrogens (tertiary/aromatic N) is 2. The SMILES string of the molecule is CCOC(=O)C1(C(=O)OCC)c2c(n(C)c3ccccc23)-c2c1c1ccccc1n2C. The smallest absolute Gasteiger partial charge is 0.332 e. The molecule has 0 fully saturated rings. The van der Waals surface area contributed by atoms with Gasteiger partial charge in [-0.05, 0) is 26.0 Å². The largest absolute Gasteiger partial charge is 0.465 e. The van der Waals surface area contributed by atoms with Gasteiger partial charge >= 0.3 is 11.9 Å². The summed E-state index contributed by atoms with van der Waals surface area (Å²) in [5.74, 6) is -1.19. The van der Waals surface area contributed by atoms with Crippen molar-refractivity contribution in [3.63, 3.8) is 0 Å². The van der Waals surface area contributed by atoms with Crippen molar-refractivity contribution in [3.8, 4) is 11.4 Å². The highest BCUT2D eigenvalue weighted by molar-refractivity contribution is 6.22. The molecule has 2 aromatic carbocycles. The summed E-state index contributed by atoms with van der Waals surface area (Å²) in [6.45, 7) is 3.83. The van der Waals surface area contributed by atoms with E-state index in [1.807, 2.05) is 62.6 Å². The fourth-order valence-electron chi connectivity index (χ4n) is 5.20. The number of ether oxygens (including phenoxy) is 2. The van der Waals surface area contributed by atoms with Crippen LogP contribution in [-0.4, -0.2) is 34.3 Å². The first-order chi connectivity index (χ1) is 15.0. The van der Waals surface area contributed by atoms with Crippen LogP contribution in [0.5, 0.6) is 0 Å². The number of aromatic nitrogens is 2. The number of esters is 2. The summed E-state index contributed by atoms with van der Waals surface area (Å²) in [7, 11) is 3.93. The van der Waals surface area contributed by atoms with Gasteiger partial charge in [-0.3, -0.25) is 9.59 Å². The van der Waals surface area contributed by atoms with Crippen LogP contribution in [0.1, 0.15) is 25.0 Å². The van der Waals surface area contributed by atoms with Gasteiger partial charge in [-0.2, -0.15) is 0 Å². The number of hydrogen-bond acceptors (Lipinski definition) is 4. The zero-order chi connectivity index (χ0) is 21.9. The second-order valence-corrected chi connectivity index (χ2v) is 7.79. The Balaban J connectivity index is 2.05. The van der Waals surface area contributed by atoms with Crippen LogP contribution in [0.25, 0.3) is 33.2 Å². The zero-order valence-electron chi connectivity index (χ0n) is 18.1. The molecule has 1 aliphatic rings. The third-order valence-corrected chi connectivity index (χ3v) is 6.35. The first-order valence-corrected chi connectivity index (χ1v) is 10.5. The minimum atomic E-state index is -1.68. The van der Waals surface area contributed by atoms with E-state index < -0.39 is 17.4 Å². The van der Waals surface area contributed by atoms with Crippen LogP contribution in [-0.2, 0) is 38.6 Å². The maximum Gasteiger partial charge on any atom is 0.332 e. The maximum absolute atomic E-state index is 13.8. The Hall–Kier alpha value is -3.54. The molecule has 5 rings (SSSR count). The second-order valence-electron chi connectivity index (χ2n) is 7.79. The number of aryl methyl sites for hydroxylation is 2. The normalized spacial score (nSPS) is 13.9. The molecule has 31 heavy (non-hydrogen) atoms. The molecule has 0 spiro atoms. The average Bonchev–Trinajstić information content (AvgIpc) is 3.35. The van der Waals surface area contributed by atoms with Crippen molar-refractivity contribution in [3.05, 3.63) is 59.7 Å². The van der Waals surface area contributed by atoms with E-state index in [1.54, 1.807) is 13.8 Å². The van der Waals surface area contributed by atoms with Crippen LogP contribution in [0.15, 0.2) is 48.5 Å². The van der Waals surface area contributed by atoms with E-state index in [0.29, 0.717) is 11.1 Å². The van der Waals surface area contributed by atoms with Gasteiger partial charge in [0.25, 0.3) is 0 Å². The highest BCUT2D eigenvalue weighted by atomic mass is 16.6. The summed E-state index contributed by atoms with van der Waals surface area (Å²) < 4.78 is 15.3. The molecule has 0 bridgehead atoms. The van der Waals surface area contributed by atoms with E-state index >= 15 is 0 Å². The molecule has 0 amide bonds. The molecular formula is C25H24N2O4. The van der Waals surface area contributed by atoms with Crippen molar-refractivity contribution in [1.82, 2.24) is 9.13 Å². The summed E-state index contributed by atoms with van der Waals surface area (Å²) in [5.41, 5.74) is 3.19. The van der Waals surface area contributed by atoms with Crippen LogP contribution in [0.4, 0.5) is 0 Å². The van der Waals surface area contributed by atoms with E-state index in [4.69, 9.17) is 9.47 Å². The lowest BCUT2D eigenvalue weighted by molar-refractivity contribution is -0.161. The van der Waals surface area contributed by atoms with Crippen molar-refractivity contribution in [1.29, 1.82) is 0 Å². The summed E-state index contributed by atoms with van der Waals surface area (Å²) in [5, 5.41) is 1.70. The number of benzene rings is 2. The molecule has 158 valence electrons. The maximum atomic E-state index is 13.8. The van der Waals surface area contributed by atoms with Gasteiger partial charge in [-0.1, -0.05) is 36.4 Å². The molecule has 6 heteroatoms. The quantitative estimate of drug-likeness (QED) is 0.372. The number of para-hydroxylation sites is 2. The molecule has 6 nitrogen and oxygen atoms in total. The molecule has 0 N–H and O–H groups in total. The molecule has 4 aromatic rings. The van der Waals surface area contributed by atoms with Gasteiger partial charge in [0.05, 0.1) is 24.6 Å². The molecule has 0 saturated carbocycles. The molecule has 1 aliphatic carbocycles. The van der Waals surface area contributed by atoms with E-state index in [0.717, 1.165) is 33.2 Å². The van der Waals surface area contributed by atoms with Crippen molar-refractivity contribution < 1.29 is 19.1 Å². The molecule has 0 radical (unpaired) electrons. The fraction of sp³-hybridized carbons (Fsp3) is 0.280. The van der Waals surface area contributed by atoms with Crippen molar-refractivity contribution >= 4 is 33.7 Å². The van der Waals surface area contributed by atoms with Gasteiger partial charge in [0.2, 0.25) is 5.41 Å². The summed E-state index contributed by atoms with van der Waals surface area (Å²) in [6.07, 6.45) is 0. The van der Waals surface area contributed by atoms with Gasteiger partial charge in [0.15, 0.2) is 0 Å². The first-order valence-electron chi connectivity index (χ1n) is 10.5. The lowest BCUT2D eigenvalue weighted by Crippen LogP contribution is -2.45. The van der Waals surface area contributed by atoms with Crippen LogP contribution in [0, 0.1) is 0 Å². The minimum absolute atomic E-state index is 0.167. The van der Waals surface area contributed by atoms with Gasteiger partial charge in [0.1, 0.15) is 0 Å². The van der Waals surface area contributed by atoms with E-state index in [-0.39, 0.29) is 13.2 Å². The Labute approximate surface area is 180 Å². The number of carbonyl (C=O) groups excluding carboxylic acids is 2. The monoisotopic (exact) mass is 416 g/mol. The van der Waals surface area contributed by atoms with Crippen molar-refractivity contribution in [2.45, 2.75) is 19.3 Å². The summed E-state index contributed by atoms with van der Waals surface area (Å²) in [6, 6.07) is 15.7. The minimum Gasteiger partial charge on any atom is -0.465 e. The highest BCUT2D eigenvalue weighted by Crippen LogP contribution is 2.57.